The lowest BCUT2D eigenvalue weighted by Crippen LogP contribution is -2.35. The highest BCUT2D eigenvalue weighted by Crippen LogP contribution is 2.24. The van der Waals surface area contributed by atoms with Gasteiger partial charge in [0.2, 0.25) is 5.91 Å². The highest BCUT2D eigenvalue weighted by atomic mass is 16.5. The van der Waals surface area contributed by atoms with Gasteiger partial charge in [-0.25, -0.2) is 0 Å². The third kappa shape index (κ3) is 3.61. The molecule has 0 fully saturated rings. The molecule has 0 bridgehead atoms. The molecule has 0 radical (unpaired) electrons. The number of carbonyl (C=O) groups excluding carboxylic acids is 1. The molecule has 0 saturated heterocycles. The largest absolute Gasteiger partial charge is 0.496 e. The number of methoxy groups -OCH3 is 1. The molecule has 0 aliphatic rings. The van der Waals surface area contributed by atoms with E-state index >= 15 is 0 Å². The van der Waals surface area contributed by atoms with Crippen molar-refractivity contribution in [1.82, 2.24) is 5.32 Å². The lowest BCUT2D eigenvalue weighted by atomic mass is 10.0. The van der Waals surface area contributed by atoms with Crippen LogP contribution in [0, 0.1) is 0 Å². The van der Waals surface area contributed by atoms with Crippen LogP contribution in [0.5, 0.6) is 5.75 Å². The predicted octanol–water partition coefficient (Wildman–Crippen LogP) is 2.57. The Morgan fingerprint density at radius 1 is 1.10 bits per heavy atom. The third-order valence-electron chi connectivity index (χ3n) is 3.41. The summed E-state index contributed by atoms with van der Waals surface area (Å²) in [6.07, 6.45) is 0. The summed E-state index contributed by atoms with van der Waals surface area (Å²) in [5, 5.41) is 2.93. The molecular weight excluding hydrogens is 264 g/mol. The van der Waals surface area contributed by atoms with Crippen molar-refractivity contribution in [2.75, 3.05) is 7.11 Å². The van der Waals surface area contributed by atoms with Gasteiger partial charge in [0, 0.05) is 5.56 Å². The first-order valence-corrected chi connectivity index (χ1v) is 6.87. The van der Waals surface area contributed by atoms with Crippen LogP contribution in [0.25, 0.3) is 0 Å². The van der Waals surface area contributed by atoms with Crippen LogP contribution in [-0.4, -0.2) is 13.0 Å². The average Bonchev–Trinajstić information content (AvgIpc) is 2.54. The van der Waals surface area contributed by atoms with Crippen molar-refractivity contribution in [3.63, 3.8) is 0 Å². The van der Waals surface area contributed by atoms with Crippen LogP contribution < -0.4 is 15.8 Å². The Morgan fingerprint density at radius 3 is 2.38 bits per heavy atom. The number of benzene rings is 2. The third-order valence-corrected chi connectivity index (χ3v) is 3.41. The van der Waals surface area contributed by atoms with Crippen molar-refractivity contribution >= 4 is 5.91 Å². The van der Waals surface area contributed by atoms with Gasteiger partial charge >= 0.3 is 0 Å². The molecule has 4 heteroatoms. The molecule has 1 unspecified atom stereocenters. The second-order valence-electron chi connectivity index (χ2n) is 4.86. The molecule has 0 aliphatic heterocycles. The summed E-state index contributed by atoms with van der Waals surface area (Å²) < 4.78 is 5.31. The van der Waals surface area contributed by atoms with E-state index in [1.54, 1.807) is 7.11 Å². The van der Waals surface area contributed by atoms with Gasteiger partial charge < -0.3 is 15.8 Å². The van der Waals surface area contributed by atoms with Gasteiger partial charge in [0.25, 0.3) is 0 Å². The minimum absolute atomic E-state index is 0.177. The topological polar surface area (TPSA) is 64.3 Å². The highest BCUT2D eigenvalue weighted by Gasteiger charge is 2.19. The maximum Gasteiger partial charge on any atom is 0.241 e. The zero-order valence-corrected chi connectivity index (χ0v) is 12.2. The van der Waals surface area contributed by atoms with Crippen LogP contribution in [0.1, 0.15) is 30.1 Å². The van der Waals surface area contributed by atoms with Crippen molar-refractivity contribution in [2.24, 2.45) is 5.73 Å². The van der Waals surface area contributed by atoms with Gasteiger partial charge in [0.15, 0.2) is 0 Å². The summed E-state index contributed by atoms with van der Waals surface area (Å²) in [5.74, 6) is 0.540. The SMILES string of the molecule is COc1ccccc1[C@H](C)NC(=O)C(N)c1ccccc1. The number of amides is 1. The molecule has 21 heavy (non-hydrogen) atoms. The molecule has 2 atom stereocenters. The molecule has 0 saturated carbocycles. The molecule has 0 aliphatic carbocycles. The van der Waals surface area contributed by atoms with Gasteiger partial charge in [-0.1, -0.05) is 48.5 Å². The Morgan fingerprint density at radius 2 is 1.71 bits per heavy atom. The van der Waals surface area contributed by atoms with E-state index in [0.29, 0.717) is 0 Å². The fraction of sp³-hybridized carbons (Fsp3) is 0.235. The number of hydrogen-bond acceptors (Lipinski definition) is 3. The summed E-state index contributed by atoms with van der Waals surface area (Å²) in [4.78, 5) is 12.2. The zero-order chi connectivity index (χ0) is 15.2. The van der Waals surface area contributed by atoms with E-state index < -0.39 is 6.04 Å². The fourth-order valence-corrected chi connectivity index (χ4v) is 2.22. The highest BCUT2D eigenvalue weighted by molar-refractivity contribution is 5.83. The van der Waals surface area contributed by atoms with Crippen molar-refractivity contribution in [1.29, 1.82) is 0 Å². The number of nitrogens with two attached hydrogens (primary N) is 1. The summed E-state index contributed by atoms with van der Waals surface area (Å²) in [5.41, 5.74) is 7.71. The number of carbonyl (C=O) groups is 1. The van der Waals surface area contributed by atoms with Crippen molar-refractivity contribution in [3.8, 4) is 5.75 Å². The normalized spacial score (nSPS) is 13.3. The average molecular weight is 284 g/mol. The number of hydrogen-bond donors (Lipinski definition) is 2. The van der Waals surface area contributed by atoms with Gasteiger partial charge in [-0.2, -0.15) is 0 Å². The molecule has 2 rings (SSSR count). The first kappa shape index (κ1) is 15.1. The van der Waals surface area contributed by atoms with Gasteiger partial charge in [-0.3, -0.25) is 4.79 Å². The first-order chi connectivity index (χ1) is 10.1. The number of para-hydroxylation sites is 1. The lowest BCUT2D eigenvalue weighted by molar-refractivity contribution is -0.123. The number of rotatable bonds is 5. The van der Waals surface area contributed by atoms with Crippen molar-refractivity contribution in [2.45, 2.75) is 19.0 Å². The van der Waals surface area contributed by atoms with E-state index in [1.807, 2.05) is 61.5 Å². The second-order valence-corrected chi connectivity index (χ2v) is 4.86. The van der Waals surface area contributed by atoms with Gasteiger partial charge in [-0.05, 0) is 18.6 Å². The molecule has 110 valence electrons. The minimum Gasteiger partial charge on any atom is -0.496 e. The van der Waals surface area contributed by atoms with E-state index in [0.717, 1.165) is 16.9 Å². The van der Waals surface area contributed by atoms with Crippen LogP contribution in [0.3, 0.4) is 0 Å². The maximum atomic E-state index is 12.2. The second kappa shape index (κ2) is 6.90. The molecule has 0 heterocycles. The monoisotopic (exact) mass is 284 g/mol. The van der Waals surface area contributed by atoms with E-state index in [4.69, 9.17) is 10.5 Å². The maximum absolute atomic E-state index is 12.2. The van der Waals surface area contributed by atoms with E-state index in [2.05, 4.69) is 5.32 Å². The van der Waals surface area contributed by atoms with Crippen LogP contribution >= 0.6 is 0 Å². The Bertz CT molecular complexity index is 599. The molecule has 3 N–H and O–H groups in total. The quantitative estimate of drug-likeness (QED) is 0.887. The summed E-state index contributed by atoms with van der Waals surface area (Å²) >= 11 is 0. The molecule has 2 aromatic carbocycles. The lowest BCUT2D eigenvalue weighted by Gasteiger charge is -2.20. The Hall–Kier alpha value is -2.33. The summed E-state index contributed by atoms with van der Waals surface area (Å²) in [6, 6.07) is 16.1. The van der Waals surface area contributed by atoms with E-state index in [-0.39, 0.29) is 11.9 Å². The van der Waals surface area contributed by atoms with Crippen LogP contribution in [-0.2, 0) is 4.79 Å². The Labute approximate surface area is 124 Å². The standard InChI is InChI=1S/C17H20N2O2/c1-12(14-10-6-7-11-15(14)21-2)19-17(20)16(18)13-8-4-3-5-9-13/h3-12,16H,18H2,1-2H3,(H,19,20)/t12-,16?/m0/s1. The Kier molecular flexibility index (Phi) is 4.95. The Balaban J connectivity index is 2.09. The smallest absolute Gasteiger partial charge is 0.241 e. The molecule has 0 spiro atoms. The van der Waals surface area contributed by atoms with Crippen LogP contribution in [0.2, 0.25) is 0 Å². The molecule has 0 aromatic heterocycles. The van der Waals surface area contributed by atoms with Gasteiger partial charge in [-0.15, -0.1) is 0 Å². The van der Waals surface area contributed by atoms with Crippen molar-refractivity contribution < 1.29 is 9.53 Å². The predicted molar refractivity (Wildman–Crippen MR) is 82.9 cm³/mol. The van der Waals surface area contributed by atoms with Crippen molar-refractivity contribution in [3.05, 3.63) is 65.7 Å². The van der Waals surface area contributed by atoms with Crippen LogP contribution in [0.4, 0.5) is 0 Å². The number of nitrogens with one attached hydrogen (secondary N) is 1. The number of ether oxygens (including phenoxy) is 1. The van der Waals surface area contributed by atoms with Gasteiger partial charge in [0.1, 0.15) is 11.8 Å². The first-order valence-electron chi connectivity index (χ1n) is 6.87. The van der Waals surface area contributed by atoms with E-state index in [9.17, 15) is 4.79 Å². The van der Waals surface area contributed by atoms with E-state index in [1.165, 1.54) is 0 Å². The fourth-order valence-electron chi connectivity index (χ4n) is 2.22. The molecular formula is C17H20N2O2. The summed E-state index contributed by atoms with van der Waals surface area (Å²) in [7, 11) is 1.61. The zero-order valence-electron chi connectivity index (χ0n) is 12.2. The summed E-state index contributed by atoms with van der Waals surface area (Å²) in [6.45, 7) is 1.91. The molecule has 2 aromatic rings. The van der Waals surface area contributed by atoms with Gasteiger partial charge in [0.05, 0.1) is 13.2 Å². The molecule has 1 amide bonds. The minimum atomic E-state index is -0.677. The molecule has 4 nitrogen and oxygen atoms in total. The van der Waals surface area contributed by atoms with Crippen LogP contribution in [0.15, 0.2) is 54.6 Å².